The van der Waals surface area contributed by atoms with Gasteiger partial charge in [-0.2, -0.15) is 0 Å². The molecule has 3 atom stereocenters. The van der Waals surface area contributed by atoms with Gasteiger partial charge in [-0.1, -0.05) is 19.3 Å². The number of rotatable bonds is 7. The molecule has 22 heavy (non-hydrogen) atoms. The normalized spacial score (nSPS) is 31.9. The molecular formula is C18H33N3O. The first-order valence-electron chi connectivity index (χ1n) is 9.50. The highest BCUT2D eigenvalue weighted by Crippen LogP contribution is 2.46. The predicted molar refractivity (Wildman–Crippen MR) is 89.5 cm³/mol. The van der Waals surface area contributed by atoms with Crippen molar-refractivity contribution in [3.05, 3.63) is 0 Å². The summed E-state index contributed by atoms with van der Waals surface area (Å²) >= 11 is 0. The average Bonchev–Trinajstić information content (AvgIpc) is 3.18. The third-order valence-corrected chi connectivity index (χ3v) is 6.18. The zero-order valence-corrected chi connectivity index (χ0v) is 14.0. The van der Waals surface area contributed by atoms with E-state index in [9.17, 15) is 4.79 Å². The van der Waals surface area contributed by atoms with Crippen LogP contribution < -0.4 is 5.73 Å². The van der Waals surface area contributed by atoms with Crippen LogP contribution in [-0.4, -0.2) is 54.5 Å². The van der Waals surface area contributed by atoms with Gasteiger partial charge in [-0.15, -0.1) is 0 Å². The van der Waals surface area contributed by atoms with Gasteiger partial charge in [0.1, 0.15) is 0 Å². The molecule has 2 saturated carbocycles. The molecule has 2 aliphatic carbocycles. The molecule has 2 N–H and O–H groups in total. The highest BCUT2D eigenvalue weighted by Gasteiger charge is 2.42. The van der Waals surface area contributed by atoms with Crippen molar-refractivity contribution in [2.24, 2.45) is 17.6 Å². The number of piperazine rings is 1. The highest BCUT2D eigenvalue weighted by molar-refractivity contribution is 5.76. The molecule has 0 radical (unpaired) electrons. The Bertz CT molecular complexity index is 365. The summed E-state index contributed by atoms with van der Waals surface area (Å²) in [7, 11) is 0. The van der Waals surface area contributed by atoms with Gasteiger partial charge in [0.2, 0.25) is 5.91 Å². The van der Waals surface area contributed by atoms with Crippen molar-refractivity contribution in [3.8, 4) is 0 Å². The molecule has 3 unspecified atom stereocenters. The van der Waals surface area contributed by atoms with E-state index in [-0.39, 0.29) is 0 Å². The van der Waals surface area contributed by atoms with Gasteiger partial charge < -0.3 is 10.6 Å². The van der Waals surface area contributed by atoms with Crippen molar-refractivity contribution in [1.82, 2.24) is 9.80 Å². The molecule has 0 aromatic carbocycles. The number of nitrogens with two attached hydrogens (primary N) is 1. The molecule has 1 saturated heterocycles. The van der Waals surface area contributed by atoms with Gasteiger partial charge >= 0.3 is 0 Å². The third kappa shape index (κ3) is 3.83. The Morgan fingerprint density at radius 2 is 1.73 bits per heavy atom. The quantitative estimate of drug-likeness (QED) is 0.734. The number of amides is 1. The fourth-order valence-electron chi connectivity index (χ4n) is 4.89. The van der Waals surface area contributed by atoms with Crippen LogP contribution in [0.1, 0.15) is 57.8 Å². The number of fused-ring (bicyclic) bond motifs is 2. The van der Waals surface area contributed by atoms with Gasteiger partial charge in [0, 0.05) is 38.6 Å². The molecular weight excluding hydrogens is 274 g/mol. The van der Waals surface area contributed by atoms with Crippen molar-refractivity contribution in [2.75, 3.05) is 32.7 Å². The Morgan fingerprint density at radius 3 is 2.36 bits per heavy atom. The van der Waals surface area contributed by atoms with E-state index in [1.807, 2.05) is 0 Å². The van der Waals surface area contributed by atoms with E-state index in [0.717, 1.165) is 76.3 Å². The maximum atomic E-state index is 12.3. The fourth-order valence-corrected chi connectivity index (χ4v) is 4.89. The van der Waals surface area contributed by atoms with Gasteiger partial charge in [0.05, 0.1) is 0 Å². The first-order chi connectivity index (χ1) is 10.8. The van der Waals surface area contributed by atoms with Crippen molar-refractivity contribution in [2.45, 2.75) is 63.8 Å². The zero-order chi connectivity index (χ0) is 15.4. The monoisotopic (exact) mass is 307 g/mol. The van der Waals surface area contributed by atoms with Crippen LogP contribution in [0.3, 0.4) is 0 Å². The van der Waals surface area contributed by atoms with Crippen molar-refractivity contribution in [1.29, 1.82) is 0 Å². The minimum absolute atomic E-state index is 0.375. The van der Waals surface area contributed by atoms with Crippen LogP contribution in [0.4, 0.5) is 0 Å². The van der Waals surface area contributed by atoms with Crippen molar-refractivity contribution >= 4 is 5.91 Å². The van der Waals surface area contributed by atoms with Gasteiger partial charge in [-0.05, 0) is 50.5 Å². The largest absolute Gasteiger partial charge is 0.340 e. The number of carbonyl (C=O) groups excluding carboxylic acids is 1. The summed E-state index contributed by atoms with van der Waals surface area (Å²) in [5.74, 6) is 2.36. The second-order valence-electron chi connectivity index (χ2n) is 7.61. The maximum absolute atomic E-state index is 12.3. The Labute approximate surface area is 135 Å². The van der Waals surface area contributed by atoms with Crippen LogP contribution in [0.2, 0.25) is 0 Å². The topological polar surface area (TPSA) is 49.6 Å². The molecule has 1 aliphatic heterocycles. The number of carbonyl (C=O) groups is 1. The minimum atomic E-state index is 0.375. The van der Waals surface area contributed by atoms with Crippen molar-refractivity contribution < 1.29 is 4.79 Å². The zero-order valence-electron chi connectivity index (χ0n) is 14.0. The van der Waals surface area contributed by atoms with Gasteiger partial charge in [0.25, 0.3) is 0 Å². The molecule has 0 aromatic heterocycles. The number of nitrogens with zero attached hydrogens (tertiary/aromatic N) is 2. The standard InChI is InChI=1S/C18H33N3O/c19-8-4-2-1-3-5-18(22)21-11-9-20(10-12-21)17-14-15-6-7-16(17)13-15/h15-17H,1-14,19H2. The first-order valence-corrected chi connectivity index (χ1v) is 9.50. The summed E-state index contributed by atoms with van der Waals surface area (Å²) in [6.45, 7) is 4.89. The molecule has 3 aliphatic rings. The molecule has 3 rings (SSSR count). The van der Waals surface area contributed by atoms with Gasteiger partial charge in [-0.3, -0.25) is 9.69 Å². The Hall–Kier alpha value is -0.610. The molecule has 4 nitrogen and oxygen atoms in total. The van der Waals surface area contributed by atoms with Crippen LogP contribution in [0.25, 0.3) is 0 Å². The van der Waals surface area contributed by atoms with Gasteiger partial charge in [0.15, 0.2) is 0 Å². The SMILES string of the molecule is NCCCCCCC(=O)N1CCN(C2CC3CCC2C3)CC1. The van der Waals surface area contributed by atoms with Crippen LogP contribution >= 0.6 is 0 Å². The minimum Gasteiger partial charge on any atom is -0.340 e. The summed E-state index contributed by atoms with van der Waals surface area (Å²) in [5.41, 5.74) is 5.49. The summed E-state index contributed by atoms with van der Waals surface area (Å²) in [6, 6.07) is 0.840. The Kier molecular flexibility index (Phi) is 5.75. The van der Waals surface area contributed by atoms with E-state index < -0.39 is 0 Å². The van der Waals surface area contributed by atoms with E-state index >= 15 is 0 Å². The Morgan fingerprint density at radius 1 is 0.955 bits per heavy atom. The average molecular weight is 307 g/mol. The fraction of sp³-hybridized carbons (Fsp3) is 0.944. The van der Waals surface area contributed by atoms with E-state index in [0.29, 0.717) is 5.91 Å². The van der Waals surface area contributed by atoms with E-state index in [1.165, 1.54) is 32.1 Å². The molecule has 126 valence electrons. The van der Waals surface area contributed by atoms with E-state index in [1.54, 1.807) is 0 Å². The molecule has 0 aromatic rings. The molecule has 1 amide bonds. The predicted octanol–water partition coefficient (Wildman–Crippen LogP) is 2.23. The Balaban J connectivity index is 1.34. The van der Waals surface area contributed by atoms with Crippen LogP contribution in [0, 0.1) is 11.8 Å². The molecule has 4 heteroatoms. The maximum Gasteiger partial charge on any atom is 0.222 e. The lowest BCUT2D eigenvalue weighted by molar-refractivity contribution is -0.133. The van der Waals surface area contributed by atoms with Crippen LogP contribution in [0.15, 0.2) is 0 Å². The highest BCUT2D eigenvalue weighted by atomic mass is 16.2. The summed E-state index contributed by atoms with van der Waals surface area (Å²) in [6.07, 6.45) is 11.0. The number of hydrogen-bond acceptors (Lipinski definition) is 3. The van der Waals surface area contributed by atoms with Crippen LogP contribution in [0.5, 0.6) is 0 Å². The van der Waals surface area contributed by atoms with Crippen molar-refractivity contribution in [3.63, 3.8) is 0 Å². The summed E-state index contributed by atoms with van der Waals surface area (Å²) in [5, 5.41) is 0. The third-order valence-electron chi connectivity index (χ3n) is 6.18. The lowest BCUT2D eigenvalue weighted by Gasteiger charge is -2.41. The smallest absolute Gasteiger partial charge is 0.222 e. The second-order valence-corrected chi connectivity index (χ2v) is 7.61. The van der Waals surface area contributed by atoms with Crippen LogP contribution in [-0.2, 0) is 4.79 Å². The molecule has 2 bridgehead atoms. The number of unbranched alkanes of at least 4 members (excludes halogenated alkanes) is 3. The first kappa shape index (κ1) is 16.3. The second kappa shape index (κ2) is 7.78. The molecule has 1 heterocycles. The van der Waals surface area contributed by atoms with E-state index in [4.69, 9.17) is 5.73 Å². The number of hydrogen-bond donors (Lipinski definition) is 1. The molecule has 0 spiro atoms. The summed E-state index contributed by atoms with van der Waals surface area (Å²) in [4.78, 5) is 17.1. The van der Waals surface area contributed by atoms with E-state index in [2.05, 4.69) is 9.80 Å². The molecule has 3 fully saturated rings. The van der Waals surface area contributed by atoms with Gasteiger partial charge in [-0.25, -0.2) is 0 Å². The lowest BCUT2D eigenvalue weighted by Crippen LogP contribution is -2.53. The summed E-state index contributed by atoms with van der Waals surface area (Å²) < 4.78 is 0. The lowest BCUT2D eigenvalue weighted by atomic mass is 9.93.